The van der Waals surface area contributed by atoms with Gasteiger partial charge in [0.2, 0.25) is 11.8 Å². The largest absolute Gasteiger partial charge is 0.352 e. The Hall–Kier alpha value is -2.88. The van der Waals surface area contributed by atoms with Gasteiger partial charge in [0, 0.05) is 31.6 Å². The van der Waals surface area contributed by atoms with Gasteiger partial charge in [-0.3, -0.25) is 9.59 Å². The van der Waals surface area contributed by atoms with Crippen molar-refractivity contribution >= 4 is 17.9 Å². The van der Waals surface area contributed by atoms with Gasteiger partial charge in [-0.1, -0.05) is 54.1 Å². The topological polar surface area (TPSA) is 49.4 Å². The summed E-state index contributed by atoms with van der Waals surface area (Å²) in [6, 6.07) is 16.1. The summed E-state index contributed by atoms with van der Waals surface area (Å²) in [5.74, 6) is 0.0813. The smallest absolute Gasteiger partial charge is 0.246 e. The van der Waals surface area contributed by atoms with E-state index in [0.29, 0.717) is 32.5 Å². The Morgan fingerprint density at radius 2 is 1.79 bits per heavy atom. The quantitative estimate of drug-likeness (QED) is 0.806. The normalized spacial score (nSPS) is 15.0. The fourth-order valence-electron chi connectivity index (χ4n) is 3.57. The zero-order chi connectivity index (χ0) is 19.9. The standard InChI is InChI=1S/C24H28N2O2/c1-18-8-10-22(19(2)16-18)17-25-24(28)21-12-14-26(15-13-21)23(27)11-9-20-6-4-3-5-7-20/h3-11,16,21H,12-15,17H2,1-2H3,(H,25,28)/b11-9+. The maximum atomic E-state index is 12.5. The molecule has 1 heterocycles. The summed E-state index contributed by atoms with van der Waals surface area (Å²) in [7, 11) is 0. The fraction of sp³-hybridized carbons (Fsp3) is 0.333. The Balaban J connectivity index is 1.46. The highest BCUT2D eigenvalue weighted by molar-refractivity contribution is 5.92. The molecule has 1 N–H and O–H groups in total. The fourth-order valence-corrected chi connectivity index (χ4v) is 3.57. The minimum atomic E-state index is -0.0205. The summed E-state index contributed by atoms with van der Waals surface area (Å²) < 4.78 is 0. The van der Waals surface area contributed by atoms with Gasteiger partial charge in [-0.25, -0.2) is 0 Å². The van der Waals surface area contributed by atoms with Gasteiger partial charge >= 0.3 is 0 Å². The second-order valence-electron chi connectivity index (χ2n) is 7.49. The highest BCUT2D eigenvalue weighted by Crippen LogP contribution is 2.18. The van der Waals surface area contributed by atoms with Crippen molar-refractivity contribution < 1.29 is 9.59 Å². The average molecular weight is 377 g/mol. The molecule has 2 aromatic carbocycles. The van der Waals surface area contributed by atoms with E-state index in [1.54, 1.807) is 6.08 Å². The second kappa shape index (κ2) is 9.36. The number of nitrogens with one attached hydrogen (secondary N) is 1. The molecule has 2 aromatic rings. The van der Waals surface area contributed by atoms with Crippen molar-refractivity contribution in [1.29, 1.82) is 0 Å². The van der Waals surface area contributed by atoms with Gasteiger partial charge in [-0.15, -0.1) is 0 Å². The first-order chi connectivity index (χ1) is 13.5. The van der Waals surface area contributed by atoms with Crippen LogP contribution in [-0.4, -0.2) is 29.8 Å². The number of aryl methyl sites for hydroxylation is 2. The molecule has 0 bridgehead atoms. The number of hydrogen-bond acceptors (Lipinski definition) is 2. The monoisotopic (exact) mass is 376 g/mol. The molecule has 0 aliphatic carbocycles. The van der Waals surface area contributed by atoms with Crippen LogP contribution in [0.4, 0.5) is 0 Å². The molecule has 0 radical (unpaired) electrons. The molecule has 1 saturated heterocycles. The number of likely N-dealkylation sites (tertiary alicyclic amines) is 1. The molecule has 3 rings (SSSR count). The lowest BCUT2D eigenvalue weighted by molar-refractivity contribution is -0.132. The summed E-state index contributed by atoms with van der Waals surface area (Å²) in [5.41, 5.74) is 4.59. The van der Waals surface area contributed by atoms with Crippen molar-refractivity contribution in [2.45, 2.75) is 33.2 Å². The lowest BCUT2D eigenvalue weighted by atomic mass is 9.95. The Labute approximate surface area is 167 Å². The average Bonchev–Trinajstić information content (AvgIpc) is 2.72. The van der Waals surface area contributed by atoms with Crippen LogP contribution in [0.1, 0.15) is 35.1 Å². The van der Waals surface area contributed by atoms with Gasteiger partial charge < -0.3 is 10.2 Å². The number of nitrogens with zero attached hydrogens (tertiary/aromatic N) is 1. The molecule has 4 heteroatoms. The van der Waals surface area contributed by atoms with E-state index in [1.807, 2.05) is 41.3 Å². The van der Waals surface area contributed by atoms with Crippen molar-refractivity contribution in [3.05, 3.63) is 76.9 Å². The summed E-state index contributed by atoms with van der Waals surface area (Å²) in [6.07, 6.45) is 4.88. The van der Waals surface area contributed by atoms with Crippen LogP contribution in [0, 0.1) is 19.8 Å². The third-order valence-electron chi connectivity index (χ3n) is 5.35. The van der Waals surface area contributed by atoms with Gasteiger partial charge in [0.1, 0.15) is 0 Å². The molecule has 2 amide bonds. The van der Waals surface area contributed by atoms with Crippen molar-refractivity contribution in [2.75, 3.05) is 13.1 Å². The summed E-state index contributed by atoms with van der Waals surface area (Å²) in [6.45, 7) is 5.95. The third kappa shape index (κ3) is 5.32. The molecule has 1 fully saturated rings. The minimum absolute atomic E-state index is 0.0120. The second-order valence-corrected chi connectivity index (χ2v) is 7.49. The zero-order valence-corrected chi connectivity index (χ0v) is 16.7. The van der Waals surface area contributed by atoms with E-state index < -0.39 is 0 Å². The van der Waals surface area contributed by atoms with Gasteiger partial charge in [0.25, 0.3) is 0 Å². The van der Waals surface area contributed by atoms with Crippen LogP contribution in [0.2, 0.25) is 0 Å². The number of rotatable bonds is 5. The summed E-state index contributed by atoms with van der Waals surface area (Å²) in [5, 5.41) is 3.06. The lowest BCUT2D eigenvalue weighted by Gasteiger charge is -2.30. The number of carbonyl (C=O) groups excluding carboxylic acids is 2. The maximum Gasteiger partial charge on any atom is 0.246 e. The predicted octanol–water partition coefficient (Wildman–Crippen LogP) is 3.87. The first-order valence-corrected chi connectivity index (χ1v) is 9.89. The van der Waals surface area contributed by atoms with Gasteiger partial charge in [-0.2, -0.15) is 0 Å². The number of benzene rings is 2. The van der Waals surface area contributed by atoms with Crippen molar-refractivity contribution in [3.8, 4) is 0 Å². The Morgan fingerprint density at radius 3 is 2.46 bits per heavy atom. The van der Waals surface area contributed by atoms with Gasteiger partial charge in [0.15, 0.2) is 0 Å². The van der Waals surface area contributed by atoms with Gasteiger partial charge in [0.05, 0.1) is 0 Å². The number of piperidine rings is 1. The van der Waals surface area contributed by atoms with Crippen LogP contribution in [0.3, 0.4) is 0 Å². The van der Waals surface area contributed by atoms with Gasteiger partial charge in [-0.05, 0) is 49.5 Å². The molecule has 1 aliphatic rings. The molecule has 4 nitrogen and oxygen atoms in total. The van der Waals surface area contributed by atoms with Crippen LogP contribution in [-0.2, 0) is 16.1 Å². The molecule has 0 saturated carbocycles. The molecule has 28 heavy (non-hydrogen) atoms. The Bertz CT molecular complexity index is 850. The molecular formula is C24H28N2O2. The zero-order valence-electron chi connectivity index (χ0n) is 16.7. The van der Waals surface area contributed by atoms with E-state index in [0.717, 1.165) is 11.1 Å². The van der Waals surface area contributed by atoms with E-state index in [4.69, 9.17) is 0 Å². The Morgan fingerprint density at radius 1 is 1.07 bits per heavy atom. The molecule has 0 spiro atoms. The highest BCUT2D eigenvalue weighted by Gasteiger charge is 2.26. The summed E-state index contributed by atoms with van der Waals surface area (Å²) in [4.78, 5) is 26.7. The maximum absolute atomic E-state index is 12.5. The molecular weight excluding hydrogens is 348 g/mol. The van der Waals surface area contributed by atoms with E-state index in [9.17, 15) is 9.59 Å². The van der Waals surface area contributed by atoms with Crippen molar-refractivity contribution in [1.82, 2.24) is 10.2 Å². The van der Waals surface area contributed by atoms with Crippen LogP contribution < -0.4 is 5.32 Å². The van der Waals surface area contributed by atoms with Crippen LogP contribution in [0.25, 0.3) is 6.08 Å². The third-order valence-corrected chi connectivity index (χ3v) is 5.35. The Kier molecular flexibility index (Phi) is 6.64. The van der Waals surface area contributed by atoms with E-state index in [2.05, 4.69) is 37.4 Å². The number of amides is 2. The SMILES string of the molecule is Cc1ccc(CNC(=O)C2CCN(C(=O)/C=C/c3ccccc3)CC2)c(C)c1. The highest BCUT2D eigenvalue weighted by atomic mass is 16.2. The van der Waals surface area contributed by atoms with Crippen LogP contribution >= 0.6 is 0 Å². The minimum Gasteiger partial charge on any atom is -0.352 e. The van der Waals surface area contributed by atoms with Crippen LogP contribution in [0.15, 0.2) is 54.6 Å². The van der Waals surface area contributed by atoms with Crippen molar-refractivity contribution in [2.24, 2.45) is 5.92 Å². The molecule has 146 valence electrons. The first kappa shape index (κ1) is 19.9. The summed E-state index contributed by atoms with van der Waals surface area (Å²) >= 11 is 0. The van der Waals surface area contributed by atoms with Crippen LogP contribution in [0.5, 0.6) is 0 Å². The molecule has 0 unspecified atom stereocenters. The number of hydrogen-bond donors (Lipinski definition) is 1. The van der Waals surface area contributed by atoms with Crippen molar-refractivity contribution in [3.63, 3.8) is 0 Å². The molecule has 0 atom stereocenters. The number of carbonyl (C=O) groups is 2. The van der Waals surface area contributed by atoms with E-state index in [-0.39, 0.29) is 17.7 Å². The predicted molar refractivity (Wildman–Crippen MR) is 113 cm³/mol. The molecule has 0 aromatic heterocycles. The lowest BCUT2D eigenvalue weighted by Crippen LogP contribution is -2.42. The molecule has 1 aliphatic heterocycles. The van der Waals surface area contributed by atoms with E-state index in [1.165, 1.54) is 11.1 Å². The van der Waals surface area contributed by atoms with E-state index >= 15 is 0 Å². The first-order valence-electron chi connectivity index (χ1n) is 9.89.